The average Bonchev–Trinajstić information content (AvgIpc) is 3.50. The van der Waals surface area contributed by atoms with Gasteiger partial charge in [0.1, 0.15) is 5.75 Å². The molecule has 6 nitrogen and oxygen atoms in total. The maximum atomic E-state index is 14.0. The van der Waals surface area contributed by atoms with Crippen molar-refractivity contribution in [1.29, 1.82) is 0 Å². The molecule has 6 rings (SSSR count). The van der Waals surface area contributed by atoms with Crippen LogP contribution in [0.25, 0.3) is 0 Å². The van der Waals surface area contributed by atoms with E-state index < -0.39 is 17.2 Å². The molecule has 0 spiro atoms. The van der Waals surface area contributed by atoms with Crippen LogP contribution in [-0.4, -0.2) is 66.2 Å². The first-order valence-electron chi connectivity index (χ1n) is 13.6. The van der Waals surface area contributed by atoms with Crippen molar-refractivity contribution in [2.24, 2.45) is 5.41 Å². The molecular formula is C29H34F3N3O3. The molecule has 1 amide bonds. The number of fused-ring (bicyclic) bond motifs is 2. The minimum atomic E-state index is -4.45. The zero-order chi connectivity index (χ0) is 26.5. The fourth-order valence-electron chi connectivity index (χ4n) is 7.15. The van der Waals surface area contributed by atoms with Gasteiger partial charge >= 0.3 is 6.18 Å². The molecule has 1 aliphatic carbocycles. The predicted molar refractivity (Wildman–Crippen MR) is 135 cm³/mol. The minimum absolute atomic E-state index is 0.0387. The van der Waals surface area contributed by atoms with Crippen LogP contribution in [0, 0.1) is 5.41 Å². The van der Waals surface area contributed by atoms with Crippen molar-refractivity contribution >= 4 is 5.91 Å². The number of carbonyl (C=O) groups excluding carboxylic acids is 1. The maximum Gasteiger partial charge on any atom is 0.417 e. The van der Waals surface area contributed by atoms with E-state index in [4.69, 9.17) is 9.47 Å². The lowest BCUT2D eigenvalue weighted by atomic mass is 9.80. The van der Waals surface area contributed by atoms with Gasteiger partial charge in [-0.15, -0.1) is 0 Å². The molecule has 1 aromatic carbocycles. The molecular weight excluding hydrogens is 495 g/mol. The van der Waals surface area contributed by atoms with Crippen molar-refractivity contribution in [3.63, 3.8) is 0 Å². The Morgan fingerprint density at radius 3 is 2.76 bits per heavy atom. The molecule has 9 heteroatoms. The van der Waals surface area contributed by atoms with Gasteiger partial charge in [0.25, 0.3) is 0 Å². The van der Waals surface area contributed by atoms with Crippen LogP contribution in [0.1, 0.15) is 60.4 Å². The normalized spacial score (nSPS) is 28.3. The highest BCUT2D eigenvalue weighted by Gasteiger charge is 2.58. The lowest BCUT2D eigenvalue weighted by Gasteiger charge is -2.38. The number of pyridine rings is 1. The molecule has 2 aromatic rings. The highest BCUT2D eigenvalue weighted by molar-refractivity contribution is 5.84. The Bertz CT molecular complexity index is 1200. The van der Waals surface area contributed by atoms with Gasteiger partial charge in [-0.2, -0.15) is 13.2 Å². The number of likely N-dealkylation sites (tertiary alicyclic amines) is 1. The van der Waals surface area contributed by atoms with Gasteiger partial charge in [0, 0.05) is 44.0 Å². The number of ether oxygens (including phenoxy) is 2. The topological polar surface area (TPSA) is 54.9 Å². The second kappa shape index (κ2) is 9.83. The van der Waals surface area contributed by atoms with E-state index in [0.717, 1.165) is 56.8 Å². The van der Waals surface area contributed by atoms with E-state index in [0.29, 0.717) is 43.2 Å². The van der Waals surface area contributed by atoms with Crippen molar-refractivity contribution in [3.8, 4) is 5.75 Å². The zero-order valence-electron chi connectivity index (χ0n) is 21.7. The second-order valence-electron chi connectivity index (χ2n) is 11.3. The molecule has 38 heavy (non-hydrogen) atoms. The van der Waals surface area contributed by atoms with Crippen LogP contribution in [0.3, 0.4) is 0 Å². The molecule has 2 saturated heterocycles. The van der Waals surface area contributed by atoms with Crippen LogP contribution < -0.4 is 4.74 Å². The number of aromatic nitrogens is 1. The molecule has 3 fully saturated rings. The number of benzene rings is 1. The average molecular weight is 530 g/mol. The van der Waals surface area contributed by atoms with Crippen LogP contribution in [0.5, 0.6) is 5.75 Å². The van der Waals surface area contributed by atoms with Gasteiger partial charge in [0.05, 0.1) is 24.2 Å². The summed E-state index contributed by atoms with van der Waals surface area (Å²) < 4.78 is 51.3. The number of hydrogen-bond donors (Lipinski definition) is 0. The van der Waals surface area contributed by atoms with E-state index in [-0.39, 0.29) is 24.6 Å². The predicted octanol–water partition coefficient (Wildman–Crippen LogP) is 4.81. The van der Waals surface area contributed by atoms with E-state index in [1.807, 2.05) is 12.1 Å². The third-order valence-corrected chi connectivity index (χ3v) is 9.26. The summed E-state index contributed by atoms with van der Waals surface area (Å²) in [7, 11) is 1.69. The van der Waals surface area contributed by atoms with Crippen molar-refractivity contribution in [3.05, 3.63) is 58.9 Å². The Hall–Kier alpha value is -2.65. The number of piperidine rings is 1. The lowest BCUT2D eigenvalue weighted by molar-refractivity contribution is -0.145. The first kappa shape index (κ1) is 25.6. The summed E-state index contributed by atoms with van der Waals surface area (Å²) in [4.78, 5) is 22.3. The molecule has 1 saturated carbocycles. The number of carbonyl (C=O) groups is 1. The van der Waals surface area contributed by atoms with Gasteiger partial charge in [-0.05, 0) is 80.4 Å². The third-order valence-electron chi connectivity index (χ3n) is 9.26. The molecule has 1 aromatic heterocycles. The number of amides is 1. The van der Waals surface area contributed by atoms with Crippen molar-refractivity contribution in [2.45, 2.75) is 69.3 Å². The Kier molecular flexibility index (Phi) is 6.63. The van der Waals surface area contributed by atoms with Gasteiger partial charge in [-0.25, -0.2) is 0 Å². The summed E-state index contributed by atoms with van der Waals surface area (Å²) >= 11 is 0. The number of methoxy groups -OCH3 is 1. The van der Waals surface area contributed by atoms with Gasteiger partial charge in [0.15, 0.2) is 0 Å². The fourth-order valence-corrected chi connectivity index (χ4v) is 7.15. The largest absolute Gasteiger partial charge is 0.497 e. The quantitative estimate of drug-likeness (QED) is 0.569. The lowest BCUT2D eigenvalue weighted by Crippen LogP contribution is -2.48. The molecule has 204 valence electrons. The molecule has 4 aliphatic rings. The maximum absolute atomic E-state index is 14.0. The monoisotopic (exact) mass is 529 g/mol. The van der Waals surface area contributed by atoms with Crippen molar-refractivity contribution < 1.29 is 27.4 Å². The molecule has 0 bridgehead atoms. The Morgan fingerprint density at radius 2 is 2.00 bits per heavy atom. The number of halogens is 3. The molecule has 0 radical (unpaired) electrons. The SMILES string of the molecule is COc1cccc(C2CCN(C3CC4OCCC4(C(=O)N4CCc5ncc(C(F)(F)F)cc5C4)C3)CC2)c1. The van der Waals surface area contributed by atoms with E-state index in [9.17, 15) is 18.0 Å². The summed E-state index contributed by atoms with van der Waals surface area (Å²) in [6, 6.07) is 9.77. The van der Waals surface area contributed by atoms with Crippen LogP contribution in [0.4, 0.5) is 13.2 Å². The van der Waals surface area contributed by atoms with Gasteiger partial charge in [0.2, 0.25) is 5.91 Å². The highest BCUT2D eigenvalue weighted by Crippen LogP contribution is 2.51. The molecule has 3 aliphatic heterocycles. The molecule has 3 atom stereocenters. The zero-order valence-corrected chi connectivity index (χ0v) is 21.7. The fraction of sp³-hybridized carbons (Fsp3) is 0.586. The van der Waals surface area contributed by atoms with E-state index in [1.54, 1.807) is 12.0 Å². The second-order valence-corrected chi connectivity index (χ2v) is 11.3. The summed E-state index contributed by atoms with van der Waals surface area (Å²) in [5, 5.41) is 0. The van der Waals surface area contributed by atoms with Crippen molar-refractivity contribution in [2.75, 3.05) is 33.4 Å². The number of hydrogen-bond acceptors (Lipinski definition) is 5. The van der Waals surface area contributed by atoms with Crippen molar-refractivity contribution in [1.82, 2.24) is 14.8 Å². The summed E-state index contributed by atoms with van der Waals surface area (Å²) in [5.41, 5.74) is 1.13. The summed E-state index contributed by atoms with van der Waals surface area (Å²) in [6.07, 6.45) is 1.19. The van der Waals surface area contributed by atoms with Crippen LogP contribution >= 0.6 is 0 Å². The standard InChI is InChI=1S/C29H34F3N3O3/c1-37-24-4-2-3-20(14-24)19-5-9-34(10-6-19)23-15-26-28(16-23,8-12-38-26)27(36)35-11-7-25-21(18-35)13-22(17-33-25)29(30,31)32/h2-4,13-14,17,19,23,26H,5-12,15-16,18H2,1H3. The number of alkyl halides is 3. The van der Waals surface area contributed by atoms with E-state index >= 15 is 0 Å². The minimum Gasteiger partial charge on any atom is -0.497 e. The first-order chi connectivity index (χ1) is 18.3. The van der Waals surface area contributed by atoms with Crippen LogP contribution in [0.2, 0.25) is 0 Å². The number of rotatable bonds is 4. The Balaban J connectivity index is 1.13. The smallest absolute Gasteiger partial charge is 0.417 e. The summed E-state index contributed by atoms with van der Waals surface area (Å²) in [5.74, 6) is 1.42. The van der Waals surface area contributed by atoms with Gasteiger partial charge in [-0.1, -0.05) is 12.1 Å². The van der Waals surface area contributed by atoms with Gasteiger partial charge in [-0.3, -0.25) is 9.78 Å². The number of nitrogens with zero attached hydrogens (tertiary/aromatic N) is 3. The summed E-state index contributed by atoms with van der Waals surface area (Å²) in [6.45, 7) is 3.18. The molecule has 3 unspecified atom stereocenters. The van der Waals surface area contributed by atoms with E-state index in [1.165, 1.54) is 5.56 Å². The molecule has 4 heterocycles. The van der Waals surface area contributed by atoms with E-state index in [2.05, 4.69) is 22.0 Å². The molecule has 0 N–H and O–H groups in total. The third kappa shape index (κ3) is 4.57. The first-order valence-corrected chi connectivity index (χ1v) is 13.6. The van der Waals surface area contributed by atoms with Crippen LogP contribution in [-0.2, 0) is 28.7 Å². The Morgan fingerprint density at radius 1 is 1.18 bits per heavy atom. The Labute approximate surface area is 221 Å². The highest BCUT2D eigenvalue weighted by atomic mass is 19.4. The van der Waals surface area contributed by atoms with Crippen LogP contribution in [0.15, 0.2) is 36.5 Å². The van der Waals surface area contributed by atoms with Gasteiger partial charge < -0.3 is 19.3 Å².